The zero-order valence-electron chi connectivity index (χ0n) is 22.3. The third-order valence-electron chi connectivity index (χ3n) is 7.77. The molecule has 1 aromatic heterocycles. The molecule has 3 aromatic rings. The minimum Gasteiger partial charge on any atom is -0.507 e. The minimum absolute atomic E-state index is 0.191. The molecule has 10 heteroatoms. The average molecular weight is 587 g/mol. The standard InChI is InChI=1S/C29H38N4O3S3/c34-16-14-30-6-10-32(11-7-30)20-24-18-23(28-26(29(37)39-38-28)22-4-2-1-3-5-22)19-25(27(24)36)21-33-12-8-31(9-13-33)15-17-35/h1-5,18-19,34-36H,6-17,20-21H2. The monoisotopic (exact) mass is 586 g/mol. The molecule has 0 atom stereocenters. The normalized spacial score (nSPS) is 18.1. The SMILES string of the molecule is OCCN1CCN(Cc2cc(-c3ssc(=S)c3-c3ccccc3)cc(CN3CCN(CCO)CC3)c2O)CC1. The highest BCUT2D eigenvalue weighted by Gasteiger charge is 2.23. The van der Waals surface area contributed by atoms with Crippen molar-refractivity contribution < 1.29 is 15.3 Å². The van der Waals surface area contributed by atoms with Gasteiger partial charge in [0.2, 0.25) is 0 Å². The Kier molecular flexibility index (Phi) is 10.2. The van der Waals surface area contributed by atoms with E-state index in [2.05, 4.69) is 56.0 Å². The molecule has 3 heterocycles. The van der Waals surface area contributed by atoms with Crippen LogP contribution in [0.3, 0.4) is 0 Å². The van der Waals surface area contributed by atoms with Crippen LogP contribution in [0, 0.1) is 3.82 Å². The summed E-state index contributed by atoms with van der Waals surface area (Å²) >= 11 is 5.79. The Labute approximate surface area is 243 Å². The maximum Gasteiger partial charge on any atom is 0.124 e. The lowest BCUT2D eigenvalue weighted by atomic mass is 9.98. The number of aliphatic hydroxyl groups excluding tert-OH is 2. The fraction of sp³-hybridized carbons (Fsp3) is 0.483. The van der Waals surface area contributed by atoms with Crippen molar-refractivity contribution >= 4 is 32.9 Å². The molecule has 39 heavy (non-hydrogen) atoms. The number of benzene rings is 2. The van der Waals surface area contributed by atoms with Crippen LogP contribution in [0.1, 0.15) is 11.1 Å². The second-order valence-electron chi connectivity index (χ2n) is 10.4. The minimum atomic E-state index is 0.191. The largest absolute Gasteiger partial charge is 0.507 e. The van der Waals surface area contributed by atoms with E-state index >= 15 is 0 Å². The molecular weight excluding hydrogens is 549 g/mol. The van der Waals surface area contributed by atoms with Crippen LogP contribution in [0.2, 0.25) is 0 Å². The molecule has 7 nitrogen and oxygen atoms in total. The van der Waals surface area contributed by atoms with Gasteiger partial charge in [0.05, 0.1) is 18.1 Å². The third-order valence-corrected chi connectivity index (χ3v) is 10.8. The lowest BCUT2D eigenvalue weighted by Gasteiger charge is -2.35. The molecule has 2 fully saturated rings. The van der Waals surface area contributed by atoms with Gasteiger partial charge in [0, 0.05) is 95.2 Å². The van der Waals surface area contributed by atoms with Gasteiger partial charge in [-0.2, -0.15) is 0 Å². The van der Waals surface area contributed by atoms with E-state index in [4.69, 9.17) is 12.2 Å². The Morgan fingerprint density at radius 2 is 1.15 bits per heavy atom. The first-order chi connectivity index (χ1) is 19.1. The van der Waals surface area contributed by atoms with Gasteiger partial charge in [-0.05, 0) is 23.3 Å². The third kappa shape index (κ3) is 7.13. The molecule has 0 radical (unpaired) electrons. The lowest BCUT2D eigenvalue weighted by Crippen LogP contribution is -2.47. The number of rotatable bonds is 10. The molecule has 0 bridgehead atoms. The summed E-state index contributed by atoms with van der Waals surface area (Å²) in [4.78, 5) is 10.5. The maximum atomic E-state index is 11.5. The molecular formula is C29H38N4O3S3. The van der Waals surface area contributed by atoms with Crippen LogP contribution in [0.25, 0.3) is 21.6 Å². The van der Waals surface area contributed by atoms with Crippen molar-refractivity contribution in [2.75, 3.05) is 78.7 Å². The molecule has 0 unspecified atom stereocenters. The van der Waals surface area contributed by atoms with Crippen molar-refractivity contribution in [1.82, 2.24) is 19.6 Å². The van der Waals surface area contributed by atoms with Gasteiger partial charge in [-0.15, -0.1) is 0 Å². The first kappa shape index (κ1) is 28.8. The topological polar surface area (TPSA) is 73.7 Å². The number of β-amino-alcohol motifs (C(OH)–C–C–N with tert-alkyl or cyclic N) is 2. The smallest absolute Gasteiger partial charge is 0.124 e. The summed E-state index contributed by atoms with van der Waals surface area (Å²) in [5, 5.41) is 30.1. The first-order valence-electron chi connectivity index (χ1n) is 13.7. The van der Waals surface area contributed by atoms with E-state index < -0.39 is 0 Å². The number of aromatic hydroxyl groups is 1. The number of nitrogens with zero attached hydrogens (tertiary/aromatic N) is 4. The Hall–Kier alpha value is -1.73. The lowest BCUT2D eigenvalue weighted by molar-refractivity contribution is 0.106. The van der Waals surface area contributed by atoms with Crippen LogP contribution in [0.5, 0.6) is 5.75 Å². The van der Waals surface area contributed by atoms with Crippen molar-refractivity contribution in [3.63, 3.8) is 0 Å². The predicted molar refractivity (Wildman–Crippen MR) is 163 cm³/mol. The van der Waals surface area contributed by atoms with Crippen LogP contribution in [-0.2, 0) is 13.1 Å². The van der Waals surface area contributed by atoms with Gasteiger partial charge in [0.25, 0.3) is 0 Å². The molecule has 5 rings (SSSR count). The van der Waals surface area contributed by atoms with Crippen LogP contribution in [0.4, 0.5) is 0 Å². The highest BCUT2D eigenvalue weighted by Crippen LogP contribution is 2.43. The number of aliphatic hydroxyl groups is 2. The van der Waals surface area contributed by atoms with Crippen LogP contribution in [-0.4, -0.2) is 114 Å². The summed E-state index contributed by atoms with van der Waals surface area (Å²) < 4.78 is 0.900. The molecule has 2 saturated heterocycles. The summed E-state index contributed by atoms with van der Waals surface area (Å²) in [5.74, 6) is 0.398. The summed E-state index contributed by atoms with van der Waals surface area (Å²) in [7, 11) is 3.36. The van der Waals surface area contributed by atoms with Gasteiger partial charge in [-0.3, -0.25) is 19.6 Å². The zero-order chi connectivity index (χ0) is 27.2. The van der Waals surface area contributed by atoms with Crippen LogP contribution < -0.4 is 0 Å². The molecule has 0 saturated carbocycles. The summed E-state index contributed by atoms with van der Waals surface area (Å²) in [5.41, 5.74) is 5.28. The number of phenolic OH excluding ortho intramolecular Hbond substituents is 1. The molecule has 2 aromatic carbocycles. The summed E-state index contributed by atoms with van der Waals surface area (Å²) in [6, 6.07) is 14.7. The van der Waals surface area contributed by atoms with Crippen LogP contribution >= 0.6 is 32.9 Å². The van der Waals surface area contributed by atoms with Gasteiger partial charge in [0.15, 0.2) is 0 Å². The molecule has 0 aliphatic carbocycles. The van der Waals surface area contributed by atoms with Gasteiger partial charge in [-0.25, -0.2) is 0 Å². The van der Waals surface area contributed by atoms with E-state index in [-0.39, 0.29) is 13.2 Å². The highest BCUT2D eigenvalue weighted by atomic mass is 32.9. The van der Waals surface area contributed by atoms with Crippen molar-refractivity contribution in [3.8, 4) is 27.3 Å². The van der Waals surface area contributed by atoms with Crippen molar-refractivity contribution in [1.29, 1.82) is 0 Å². The maximum absolute atomic E-state index is 11.5. The van der Waals surface area contributed by atoms with E-state index in [1.54, 1.807) is 20.7 Å². The Bertz CT molecular complexity index is 1220. The average Bonchev–Trinajstić information content (AvgIpc) is 3.35. The molecule has 0 spiro atoms. The van der Waals surface area contributed by atoms with E-state index in [1.165, 1.54) is 4.88 Å². The second kappa shape index (κ2) is 13.8. The quantitative estimate of drug-likeness (QED) is 0.245. The Morgan fingerprint density at radius 1 is 0.667 bits per heavy atom. The Morgan fingerprint density at radius 3 is 1.64 bits per heavy atom. The van der Waals surface area contributed by atoms with Crippen molar-refractivity contribution in [2.45, 2.75) is 13.1 Å². The van der Waals surface area contributed by atoms with E-state index in [1.807, 2.05) is 6.07 Å². The zero-order valence-corrected chi connectivity index (χ0v) is 24.7. The molecule has 0 amide bonds. The molecule has 2 aliphatic rings. The van der Waals surface area contributed by atoms with Gasteiger partial charge >= 0.3 is 0 Å². The molecule has 3 N–H and O–H groups in total. The summed E-state index contributed by atoms with van der Waals surface area (Å²) in [6.45, 7) is 10.6. The highest BCUT2D eigenvalue weighted by molar-refractivity contribution is 7.80. The van der Waals surface area contributed by atoms with Gasteiger partial charge < -0.3 is 15.3 Å². The fourth-order valence-electron chi connectivity index (χ4n) is 5.54. The first-order valence-corrected chi connectivity index (χ1v) is 16.3. The van der Waals surface area contributed by atoms with Gasteiger partial charge in [0.1, 0.15) is 9.57 Å². The Balaban J connectivity index is 1.45. The molecule has 210 valence electrons. The number of phenols is 1. The second-order valence-corrected chi connectivity index (χ2v) is 13.2. The van der Waals surface area contributed by atoms with E-state index in [0.717, 1.165) is 97.1 Å². The predicted octanol–water partition coefficient (Wildman–Crippen LogP) is 3.80. The van der Waals surface area contributed by atoms with Gasteiger partial charge in [-0.1, -0.05) is 63.2 Å². The fourth-order valence-corrected chi connectivity index (χ4v) is 8.44. The number of hydrogen-bond acceptors (Lipinski definition) is 10. The van der Waals surface area contributed by atoms with Crippen molar-refractivity contribution in [3.05, 3.63) is 57.4 Å². The van der Waals surface area contributed by atoms with E-state index in [9.17, 15) is 15.3 Å². The van der Waals surface area contributed by atoms with E-state index in [0.29, 0.717) is 18.8 Å². The number of hydrogen-bond donors (Lipinski definition) is 3. The van der Waals surface area contributed by atoms with Crippen molar-refractivity contribution in [2.24, 2.45) is 0 Å². The summed E-state index contributed by atoms with van der Waals surface area (Å²) in [6.07, 6.45) is 0. The van der Waals surface area contributed by atoms with Crippen LogP contribution in [0.15, 0.2) is 42.5 Å². The molecule has 2 aliphatic heterocycles. The number of piperazine rings is 2.